The van der Waals surface area contributed by atoms with Gasteiger partial charge in [-0.1, -0.05) is 30.3 Å². The molecule has 146 valence electrons. The molecule has 0 atom stereocenters. The zero-order valence-corrected chi connectivity index (χ0v) is 15.9. The van der Waals surface area contributed by atoms with Crippen molar-refractivity contribution in [3.8, 4) is 0 Å². The standard InChI is InChI=1S/C22H24N2O4/c1-23-19-11-9-18(14-17(19)10-12-20(23)25)22(28)24(13-5-8-21(26)27)15-16-6-3-2-4-7-16/h2-4,6-7,9,11,14H,5,8,10,12-13,15H2,1H3,(H,26,27). The minimum absolute atomic E-state index is 0.0235. The highest BCUT2D eigenvalue weighted by atomic mass is 16.4. The molecule has 1 aliphatic rings. The number of benzene rings is 2. The minimum atomic E-state index is -0.867. The van der Waals surface area contributed by atoms with Crippen LogP contribution in [0.1, 0.15) is 40.7 Å². The lowest BCUT2D eigenvalue weighted by molar-refractivity contribution is -0.137. The van der Waals surface area contributed by atoms with E-state index in [4.69, 9.17) is 5.11 Å². The van der Waals surface area contributed by atoms with Crippen LogP contribution in [0.5, 0.6) is 0 Å². The summed E-state index contributed by atoms with van der Waals surface area (Å²) < 4.78 is 0. The number of hydrogen-bond donors (Lipinski definition) is 1. The Balaban J connectivity index is 1.81. The maximum absolute atomic E-state index is 13.2. The van der Waals surface area contributed by atoms with Crippen LogP contribution in [0.2, 0.25) is 0 Å². The number of aliphatic carboxylic acids is 1. The molecule has 1 N–H and O–H groups in total. The second kappa shape index (κ2) is 8.69. The molecule has 0 unspecified atom stereocenters. The van der Waals surface area contributed by atoms with Crippen molar-refractivity contribution in [1.29, 1.82) is 0 Å². The molecule has 0 saturated carbocycles. The van der Waals surface area contributed by atoms with Gasteiger partial charge in [0.2, 0.25) is 5.91 Å². The summed E-state index contributed by atoms with van der Waals surface area (Å²) in [6.07, 6.45) is 1.48. The van der Waals surface area contributed by atoms with E-state index in [0.29, 0.717) is 37.9 Å². The molecule has 0 aliphatic carbocycles. The van der Waals surface area contributed by atoms with Gasteiger partial charge in [-0.3, -0.25) is 14.4 Å². The van der Waals surface area contributed by atoms with E-state index in [1.165, 1.54) is 0 Å². The number of rotatable bonds is 7. The number of anilines is 1. The molecular weight excluding hydrogens is 356 g/mol. The van der Waals surface area contributed by atoms with Gasteiger partial charge < -0.3 is 14.9 Å². The Bertz CT molecular complexity index is 879. The Hall–Kier alpha value is -3.15. The van der Waals surface area contributed by atoms with E-state index in [1.54, 1.807) is 22.9 Å². The highest BCUT2D eigenvalue weighted by Gasteiger charge is 2.23. The van der Waals surface area contributed by atoms with Crippen molar-refractivity contribution in [3.05, 3.63) is 65.2 Å². The molecule has 0 aromatic heterocycles. The third kappa shape index (κ3) is 4.57. The van der Waals surface area contributed by atoms with Crippen LogP contribution in [0.3, 0.4) is 0 Å². The van der Waals surface area contributed by atoms with E-state index >= 15 is 0 Å². The van der Waals surface area contributed by atoms with Gasteiger partial charge in [-0.05, 0) is 42.2 Å². The van der Waals surface area contributed by atoms with Gasteiger partial charge in [0.15, 0.2) is 0 Å². The predicted molar refractivity (Wildman–Crippen MR) is 106 cm³/mol. The first kappa shape index (κ1) is 19.6. The van der Waals surface area contributed by atoms with Crippen molar-refractivity contribution in [2.75, 3.05) is 18.5 Å². The van der Waals surface area contributed by atoms with E-state index in [0.717, 1.165) is 16.8 Å². The first-order valence-electron chi connectivity index (χ1n) is 9.40. The van der Waals surface area contributed by atoms with Crippen molar-refractivity contribution in [3.63, 3.8) is 0 Å². The molecular formula is C22H24N2O4. The summed E-state index contributed by atoms with van der Waals surface area (Å²) in [5.41, 5.74) is 3.38. The second-order valence-electron chi connectivity index (χ2n) is 7.01. The highest BCUT2D eigenvalue weighted by molar-refractivity contribution is 5.99. The third-order valence-electron chi connectivity index (χ3n) is 4.99. The molecule has 2 amide bonds. The van der Waals surface area contributed by atoms with Crippen LogP contribution in [0.4, 0.5) is 5.69 Å². The van der Waals surface area contributed by atoms with Crippen LogP contribution in [0.15, 0.2) is 48.5 Å². The van der Waals surface area contributed by atoms with Gasteiger partial charge in [0.25, 0.3) is 5.91 Å². The van der Waals surface area contributed by atoms with Crippen molar-refractivity contribution in [1.82, 2.24) is 4.90 Å². The largest absolute Gasteiger partial charge is 0.481 e. The zero-order chi connectivity index (χ0) is 20.1. The molecule has 0 spiro atoms. The van der Waals surface area contributed by atoms with Crippen LogP contribution < -0.4 is 4.90 Å². The van der Waals surface area contributed by atoms with Crippen LogP contribution in [-0.2, 0) is 22.6 Å². The fraction of sp³-hybridized carbons (Fsp3) is 0.318. The fourth-order valence-corrected chi connectivity index (χ4v) is 3.45. The van der Waals surface area contributed by atoms with Crippen molar-refractivity contribution < 1.29 is 19.5 Å². The number of carboxylic acids is 1. The first-order chi connectivity index (χ1) is 13.5. The number of aryl methyl sites for hydroxylation is 1. The molecule has 28 heavy (non-hydrogen) atoms. The van der Waals surface area contributed by atoms with E-state index < -0.39 is 5.97 Å². The van der Waals surface area contributed by atoms with Crippen molar-refractivity contribution >= 4 is 23.5 Å². The molecule has 6 nitrogen and oxygen atoms in total. The summed E-state index contributed by atoms with van der Waals surface area (Å²) in [5, 5.41) is 8.91. The lowest BCUT2D eigenvalue weighted by Crippen LogP contribution is -2.33. The smallest absolute Gasteiger partial charge is 0.303 e. The van der Waals surface area contributed by atoms with Crippen LogP contribution in [0, 0.1) is 0 Å². The molecule has 0 fully saturated rings. The highest BCUT2D eigenvalue weighted by Crippen LogP contribution is 2.28. The Labute approximate surface area is 164 Å². The molecule has 0 saturated heterocycles. The summed E-state index contributed by atoms with van der Waals surface area (Å²) in [5.74, 6) is -0.920. The van der Waals surface area contributed by atoms with Gasteiger partial charge in [-0.2, -0.15) is 0 Å². The van der Waals surface area contributed by atoms with E-state index in [2.05, 4.69) is 0 Å². The molecule has 6 heteroatoms. The minimum Gasteiger partial charge on any atom is -0.481 e. The molecule has 1 aliphatic heterocycles. The monoisotopic (exact) mass is 380 g/mol. The molecule has 3 rings (SSSR count). The Morgan fingerprint density at radius 1 is 1.11 bits per heavy atom. The number of nitrogens with zero attached hydrogens (tertiary/aromatic N) is 2. The molecule has 0 bridgehead atoms. The van der Waals surface area contributed by atoms with E-state index in [-0.39, 0.29) is 18.2 Å². The predicted octanol–water partition coefficient (Wildman–Crippen LogP) is 3.10. The number of carboxylic acid groups (broad SMARTS) is 1. The third-order valence-corrected chi connectivity index (χ3v) is 4.99. The quantitative estimate of drug-likeness (QED) is 0.801. The van der Waals surface area contributed by atoms with E-state index in [1.807, 2.05) is 42.5 Å². The maximum Gasteiger partial charge on any atom is 0.303 e. The summed E-state index contributed by atoms with van der Waals surface area (Å²) >= 11 is 0. The Kier molecular flexibility index (Phi) is 6.09. The average molecular weight is 380 g/mol. The SMILES string of the molecule is CN1C(=O)CCc2cc(C(=O)N(CCCC(=O)O)Cc3ccccc3)ccc21. The van der Waals surface area contributed by atoms with Gasteiger partial charge in [0, 0.05) is 44.2 Å². The molecule has 0 radical (unpaired) electrons. The van der Waals surface area contributed by atoms with Crippen molar-refractivity contribution in [2.45, 2.75) is 32.2 Å². The molecule has 1 heterocycles. The number of fused-ring (bicyclic) bond motifs is 1. The first-order valence-corrected chi connectivity index (χ1v) is 9.40. The summed E-state index contributed by atoms with van der Waals surface area (Å²) in [7, 11) is 1.75. The maximum atomic E-state index is 13.2. The number of amides is 2. The second-order valence-corrected chi connectivity index (χ2v) is 7.01. The summed E-state index contributed by atoms with van der Waals surface area (Å²) in [6.45, 7) is 0.796. The number of carbonyl (C=O) groups excluding carboxylic acids is 2. The zero-order valence-electron chi connectivity index (χ0n) is 15.9. The average Bonchev–Trinajstić information content (AvgIpc) is 2.70. The lowest BCUT2D eigenvalue weighted by atomic mass is 9.98. The van der Waals surface area contributed by atoms with Crippen molar-refractivity contribution in [2.24, 2.45) is 0 Å². The topological polar surface area (TPSA) is 77.9 Å². The number of carbonyl (C=O) groups is 3. The van der Waals surface area contributed by atoms with Gasteiger partial charge >= 0.3 is 5.97 Å². The van der Waals surface area contributed by atoms with Crippen LogP contribution >= 0.6 is 0 Å². The lowest BCUT2D eigenvalue weighted by Gasteiger charge is -2.27. The van der Waals surface area contributed by atoms with Crippen LogP contribution in [-0.4, -0.2) is 41.4 Å². The van der Waals surface area contributed by atoms with E-state index in [9.17, 15) is 14.4 Å². The van der Waals surface area contributed by atoms with Crippen LogP contribution in [0.25, 0.3) is 0 Å². The Morgan fingerprint density at radius 3 is 2.57 bits per heavy atom. The fourth-order valence-electron chi connectivity index (χ4n) is 3.45. The molecule has 2 aromatic carbocycles. The van der Waals surface area contributed by atoms with Gasteiger partial charge in [0.05, 0.1) is 0 Å². The summed E-state index contributed by atoms with van der Waals surface area (Å²) in [4.78, 5) is 39.2. The van der Waals surface area contributed by atoms with Gasteiger partial charge in [0.1, 0.15) is 0 Å². The number of hydrogen-bond acceptors (Lipinski definition) is 3. The molecule has 2 aromatic rings. The normalized spacial score (nSPS) is 13.2. The Morgan fingerprint density at radius 2 is 1.86 bits per heavy atom. The van der Waals surface area contributed by atoms with Gasteiger partial charge in [-0.25, -0.2) is 0 Å². The van der Waals surface area contributed by atoms with Gasteiger partial charge in [-0.15, -0.1) is 0 Å². The summed E-state index contributed by atoms with van der Waals surface area (Å²) in [6, 6.07) is 15.1.